The van der Waals surface area contributed by atoms with E-state index in [0.29, 0.717) is 17.7 Å². The second-order valence-corrected chi connectivity index (χ2v) is 8.06. The van der Waals surface area contributed by atoms with Crippen LogP contribution in [0.4, 0.5) is 0 Å². The van der Waals surface area contributed by atoms with Crippen LogP contribution in [-0.4, -0.2) is 22.3 Å². The van der Waals surface area contributed by atoms with E-state index in [1.807, 2.05) is 54.6 Å². The van der Waals surface area contributed by atoms with Gasteiger partial charge in [0.2, 0.25) is 0 Å². The smallest absolute Gasteiger partial charge is 0.251 e. The highest BCUT2D eigenvalue weighted by Gasteiger charge is 2.33. The Morgan fingerprint density at radius 3 is 2.27 bits per heavy atom. The molecule has 0 aliphatic heterocycles. The van der Waals surface area contributed by atoms with Crippen molar-refractivity contribution in [3.05, 3.63) is 89.7 Å². The fourth-order valence-electron chi connectivity index (χ4n) is 3.64. The topological polar surface area (TPSA) is 71.1 Å². The second kappa shape index (κ2) is 8.49. The van der Waals surface area contributed by atoms with E-state index in [-0.39, 0.29) is 17.4 Å². The molecule has 2 amide bonds. The molecule has 0 spiro atoms. The molecule has 3 aromatic rings. The van der Waals surface area contributed by atoms with Crippen molar-refractivity contribution in [2.75, 3.05) is 0 Å². The van der Waals surface area contributed by atoms with Crippen LogP contribution in [0.3, 0.4) is 0 Å². The quantitative estimate of drug-likeness (QED) is 0.647. The SMILES string of the molecule is CC1(NC(=O)c2cccc(CNC(=O)c3ccc(-c4ccncc4)cc3)c2)CCC1. The van der Waals surface area contributed by atoms with Gasteiger partial charge >= 0.3 is 0 Å². The average molecular weight is 399 g/mol. The summed E-state index contributed by atoms with van der Waals surface area (Å²) in [6.45, 7) is 2.45. The van der Waals surface area contributed by atoms with Gasteiger partial charge in [-0.1, -0.05) is 24.3 Å². The number of amides is 2. The Bertz CT molecular complexity index is 1040. The van der Waals surface area contributed by atoms with Gasteiger partial charge in [-0.3, -0.25) is 14.6 Å². The molecular formula is C25H25N3O2. The molecule has 0 radical (unpaired) electrons. The molecule has 2 aromatic carbocycles. The van der Waals surface area contributed by atoms with Gasteiger partial charge in [0.15, 0.2) is 0 Å². The van der Waals surface area contributed by atoms with E-state index in [9.17, 15) is 9.59 Å². The van der Waals surface area contributed by atoms with Gasteiger partial charge in [-0.15, -0.1) is 0 Å². The highest BCUT2D eigenvalue weighted by atomic mass is 16.2. The van der Waals surface area contributed by atoms with Crippen molar-refractivity contribution in [3.8, 4) is 11.1 Å². The molecule has 1 saturated carbocycles. The number of benzene rings is 2. The molecule has 5 heteroatoms. The number of carbonyl (C=O) groups excluding carboxylic acids is 2. The van der Waals surface area contributed by atoms with Crippen LogP contribution in [0.1, 0.15) is 52.5 Å². The summed E-state index contributed by atoms with van der Waals surface area (Å²) >= 11 is 0. The van der Waals surface area contributed by atoms with Crippen LogP contribution in [0.15, 0.2) is 73.1 Å². The number of nitrogens with zero attached hydrogens (tertiary/aromatic N) is 1. The van der Waals surface area contributed by atoms with Gasteiger partial charge in [-0.05, 0) is 79.3 Å². The van der Waals surface area contributed by atoms with Crippen LogP contribution in [-0.2, 0) is 6.54 Å². The molecule has 1 fully saturated rings. The largest absolute Gasteiger partial charge is 0.348 e. The number of rotatable bonds is 6. The van der Waals surface area contributed by atoms with Crippen LogP contribution in [0, 0.1) is 0 Å². The number of nitrogens with one attached hydrogen (secondary N) is 2. The number of hydrogen-bond acceptors (Lipinski definition) is 3. The average Bonchev–Trinajstić information content (AvgIpc) is 2.77. The molecule has 0 bridgehead atoms. The minimum absolute atomic E-state index is 0.0583. The Balaban J connectivity index is 1.36. The standard InChI is InChI=1S/C25H25N3O2/c1-25(12-3-13-25)28-24(30)22-5-2-4-18(16-22)17-27-23(29)21-8-6-19(7-9-21)20-10-14-26-15-11-20/h2,4-11,14-16H,3,12-13,17H2,1H3,(H,27,29)(H,28,30). The van der Waals surface area contributed by atoms with Gasteiger partial charge in [-0.2, -0.15) is 0 Å². The van der Waals surface area contributed by atoms with Crippen LogP contribution in [0.2, 0.25) is 0 Å². The third kappa shape index (κ3) is 4.57. The van der Waals surface area contributed by atoms with Gasteiger partial charge in [0.05, 0.1) is 0 Å². The Kier molecular flexibility index (Phi) is 5.61. The van der Waals surface area contributed by atoms with E-state index in [1.54, 1.807) is 18.5 Å². The Morgan fingerprint density at radius 1 is 0.900 bits per heavy atom. The zero-order valence-corrected chi connectivity index (χ0v) is 17.0. The van der Waals surface area contributed by atoms with Crippen molar-refractivity contribution >= 4 is 11.8 Å². The maximum Gasteiger partial charge on any atom is 0.251 e. The van der Waals surface area contributed by atoms with E-state index in [4.69, 9.17) is 0 Å². The van der Waals surface area contributed by atoms with E-state index in [1.165, 1.54) is 0 Å². The van der Waals surface area contributed by atoms with Crippen LogP contribution < -0.4 is 10.6 Å². The maximum atomic E-state index is 12.5. The zero-order chi connectivity index (χ0) is 21.0. The monoisotopic (exact) mass is 399 g/mol. The summed E-state index contributed by atoms with van der Waals surface area (Å²) in [6.07, 6.45) is 6.70. The summed E-state index contributed by atoms with van der Waals surface area (Å²) in [4.78, 5) is 29.1. The molecule has 2 N–H and O–H groups in total. The summed E-state index contributed by atoms with van der Waals surface area (Å²) in [5.74, 6) is -0.204. The molecule has 1 aliphatic carbocycles. The van der Waals surface area contributed by atoms with Crippen molar-refractivity contribution in [2.24, 2.45) is 0 Å². The van der Waals surface area contributed by atoms with E-state index in [2.05, 4.69) is 22.5 Å². The lowest BCUT2D eigenvalue weighted by atomic mass is 9.78. The fraction of sp³-hybridized carbons (Fsp3) is 0.240. The van der Waals surface area contributed by atoms with Gasteiger partial charge in [-0.25, -0.2) is 0 Å². The van der Waals surface area contributed by atoms with Gasteiger partial charge in [0.1, 0.15) is 0 Å². The second-order valence-electron chi connectivity index (χ2n) is 8.06. The lowest BCUT2D eigenvalue weighted by Crippen LogP contribution is -2.50. The molecule has 30 heavy (non-hydrogen) atoms. The lowest BCUT2D eigenvalue weighted by molar-refractivity contribution is 0.0850. The third-order valence-corrected chi connectivity index (χ3v) is 5.68. The number of aromatic nitrogens is 1. The number of pyridine rings is 1. The molecule has 5 nitrogen and oxygen atoms in total. The van der Waals surface area contributed by atoms with Crippen molar-refractivity contribution in [1.82, 2.24) is 15.6 Å². The van der Waals surface area contributed by atoms with Crippen molar-refractivity contribution < 1.29 is 9.59 Å². The van der Waals surface area contributed by atoms with Crippen LogP contribution in [0.5, 0.6) is 0 Å². The minimum Gasteiger partial charge on any atom is -0.348 e. The van der Waals surface area contributed by atoms with E-state index < -0.39 is 0 Å². The van der Waals surface area contributed by atoms with E-state index in [0.717, 1.165) is 36.0 Å². The summed E-state index contributed by atoms with van der Waals surface area (Å²) in [5.41, 5.74) is 4.12. The molecule has 152 valence electrons. The number of carbonyl (C=O) groups is 2. The predicted octanol–water partition coefficient (Wildman–Crippen LogP) is 4.35. The first-order valence-electron chi connectivity index (χ1n) is 10.2. The Labute approximate surface area is 176 Å². The molecule has 0 atom stereocenters. The van der Waals surface area contributed by atoms with Crippen molar-refractivity contribution in [1.29, 1.82) is 0 Å². The van der Waals surface area contributed by atoms with Crippen molar-refractivity contribution in [2.45, 2.75) is 38.3 Å². The molecule has 1 heterocycles. The number of hydrogen-bond donors (Lipinski definition) is 2. The van der Waals surface area contributed by atoms with Crippen LogP contribution >= 0.6 is 0 Å². The Morgan fingerprint density at radius 2 is 1.60 bits per heavy atom. The van der Waals surface area contributed by atoms with Crippen molar-refractivity contribution in [3.63, 3.8) is 0 Å². The molecule has 1 aliphatic rings. The summed E-state index contributed by atoms with van der Waals surface area (Å²) in [6, 6.07) is 18.8. The minimum atomic E-state index is -0.145. The fourth-order valence-corrected chi connectivity index (χ4v) is 3.64. The summed E-state index contributed by atoms with van der Waals surface area (Å²) in [7, 11) is 0. The highest BCUT2D eigenvalue weighted by molar-refractivity contribution is 5.95. The molecule has 0 saturated heterocycles. The normalized spacial score (nSPS) is 14.4. The Hall–Kier alpha value is -3.47. The first-order valence-corrected chi connectivity index (χ1v) is 10.2. The van der Waals surface area contributed by atoms with E-state index >= 15 is 0 Å². The third-order valence-electron chi connectivity index (χ3n) is 5.68. The molecule has 4 rings (SSSR count). The zero-order valence-electron chi connectivity index (χ0n) is 17.0. The molecule has 1 aromatic heterocycles. The predicted molar refractivity (Wildman–Crippen MR) is 117 cm³/mol. The van der Waals surface area contributed by atoms with Gasteiger partial charge in [0.25, 0.3) is 11.8 Å². The van der Waals surface area contributed by atoms with Gasteiger partial charge < -0.3 is 10.6 Å². The maximum absolute atomic E-state index is 12.5. The first-order chi connectivity index (χ1) is 14.5. The first kappa shape index (κ1) is 19.8. The van der Waals surface area contributed by atoms with Crippen LogP contribution in [0.25, 0.3) is 11.1 Å². The summed E-state index contributed by atoms with van der Waals surface area (Å²) in [5, 5.41) is 6.05. The lowest BCUT2D eigenvalue weighted by Gasteiger charge is -2.39. The molecular weight excluding hydrogens is 374 g/mol. The van der Waals surface area contributed by atoms with Gasteiger partial charge in [0, 0.05) is 35.6 Å². The summed E-state index contributed by atoms with van der Waals surface area (Å²) < 4.78 is 0. The highest BCUT2D eigenvalue weighted by Crippen LogP contribution is 2.31. The molecule has 0 unspecified atom stereocenters.